The topological polar surface area (TPSA) is 100 Å². The van der Waals surface area contributed by atoms with E-state index in [2.05, 4.69) is 11.4 Å². The molecule has 2 N–H and O–H groups in total. The molecule has 0 aliphatic carbocycles. The Morgan fingerprint density at radius 3 is 2.73 bits per heavy atom. The first-order chi connectivity index (χ1) is 14.2. The van der Waals surface area contributed by atoms with Crippen molar-refractivity contribution in [2.75, 3.05) is 20.1 Å². The molecule has 0 bridgehead atoms. The van der Waals surface area contributed by atoms with Gasteiger partial charge >= 0.3 is 0 Å². The zero-order chi connectivity index (χ0) is 21.6. The molecule has 8 heteroatoms. The Morgan fingerprint density at radius 1 is 1.33 bits per heavy atom. The van der Waals surface area contributed by atoms with Crippen LogP contribution in [0.15, 0.2) is 35.7 Å². The molecule has 2 saturated heterocycles. The molecule has 4 rings (SSSR count). The summed E-state index contributed by atoms with van der Waals surface area (Å²) < 4.78 is 0. The van der Waals surface area contributed by atoms with Gasteiger partial charge in [-0.2, -0.15) is 5.26 Å². The highest BCUT2D eigenvalue weighted by Gasteiger charge is 2.54. The van der Waals surface area contributed by atoms with Crippen LogP contribution in [0.3, 0.4) is 0 Å². The van der Waals surface area contributed by atoms with E-state index in [1.807, 2.05) is 36.6 Å². The molecule has 2 aliphatic heterocycles. The molecule has 2 aromatic rings. The van der Waals surface area contributed by atoms with Crippen LogP contribution in [0, 0.1) is 28.6 Å². The van der Waals surface area contributed by atoms with Gasteiger partial charge in [0.25, 0.3) is 0 Å². The van der Waals surface area contributed by atoms with Gasteiger partial charge < -0.3 is 10.2 Å². The number of nitrogens with zero attached hydrogens (tertiary/aromatic N) is 3. The summed E-state index contributed by atoms with van der Waals surface area (Å²) in [5.74, 6) is -0.370. The molecule has 7 nitrogen and oxygen atoms in total. The fraction of sp³-hybridized carbons (Fsp3) is 0.364. The first-order valence-corrected chi connectivity index (χ1v) is 10.6. The molecular formula is C22H23N5O2S. The van der Waals surface area contributed by atoms with E-state index in [0.717, 1.165) is 16.0 Å². The van der Waals surface area contributed by atoms with Crippen molar-refractivity contribution in [3.05, 3.63) is 46.2 Å². The molecule has 154 valence electrons. The van der Waals surface area contributed by atoms with Crippen molar-refractivity contribution in [3.8, 4) is 17.2 Å². The molecule has 1 aromatic carbocycles. The number of carbonyl (C=O) groups is 2. The molecule has 3 heterocycles. The maximum Gasteiger partial charge on any atom is 0.235 e. The van der Waals surface area contributed by atoms with Crippen molar-refractivity contribution in [3.63, 3.8) is 0 Å². The molecule has 30 heavy (non-hydrogen) atoms. The van der Waals surface area contributed by atoms with Crippen molar-refractivity contribution >= 4 is 29.1 Å². The molecule has 2 atom stereocenters. The van der Waals surface area contributed by atoms with Crippen LogP contribution < -0.4 is 5.32 Å². The monoisotopic (exact) mass is 421 g/mol. The minimum absolute atomic E-state index is 0.0149. The SMILES string of the molecule is CC(=O)N1CC(C2C(=O)N(C)C(=N)N[C@]2(C)c2cc(-c3cccc(C#N)c3)cs2)C1. The third-order valence-corrected chi connectivity index (χ3v) is 7.36. The van der Waals surface area contributed by atoms with Crippen LogP contribution in [0.5, 0.6) is 0 Å². The highest BCUT2D eigenvalue weighted by Crippen LogP contribution is 2.44. The number of nitrogens with one attached hydrogen (secondary N) is 2. The van der Waals surface area contributed by atoms with Crippen molar-refractivity contribution in [2.24, 2.45) is 11.8 Å². The van der Waals surface area contributed by atoms with Gasteiger partial charge in [-0.1, -0.05) is 12.1 Å². The molecule has 2 fully saturated rings. The van der Waals surface area contributed by atoms with Gasteiger partial charge in [-0.05, 0) is 41.6 Å². The Balaban J connectivity index is 1.70. The van der Waals surface area contributed by atoms with E-state index < -0.39 is 5.54 Å². The molecule has 1 aromatic heterocycles. The Morgan fingerprint density at radius 2 is 2.07 bits per heavy atom. The van der Waals surface area contributed by atoms with Crippen LogP contribution in [-0.4, -0.2) is 47.7 Å². The summed E-state index contributed by atoms with van der Waals surface area (Å²) in [5.41, 5.74) is 1.77. The second kappa shape index (κ2) is 7.26. The Hall–Kier alpha value is -3.18. The third kappa shape index (κ3) is 3.15. The number of hydrogen-bond donors (Lipinski definition) is 2. The van der Waals surface area contributed by atoms with Gasteiger partial charge in [-0.3, -0.25) is 19.9 Å². The van der Waals surface area contributed by atoms with Crippen LogP contribution in [0.2, 0.25) is 0 Å². The van der Waals surface area contributed by atoms with Gasteiger partial charge in [0.1, 0.15) is 0 Å². The molecule has 0 saturated carbocycles. The average molecular weight is 422 g/mol. The molecule has 2 aliphatic rings. The van der Waals surface area contributed by atoms with E-state index in [4.69, 9.17) is 5.41 Å². The second-order valence-corrected chi connectivity index (χ2v) is 9.04. The van der Waals surface area contributed by atoms with E-state index in [1.54, 1.807) is 24.9 Å². The van der Waals surface area contributed by atoms with Crippen LogP contribution in [0.25, 0.3) is 11.1 Å². The fourth-order valence-corrected chi connectivity index (χ4v) is 5.45. The minimum atomic E-state index is -0.746. The van der Waals surface area contributed by atoms with Crippen molar-refractivity contribution < 1.29 is 9.59 Å². The zero-order valence-corrected chi connectivity index (χ0v) is 17.9. The lowest BCUT2D eigenvalue weighted by atomic mass is 9.70. The smallest absolute Gasteiger partial charge is 0.235 e. The van der Waals surface area contributed by atoms with Gasteiger partial charge in [-0.15, -0.1) is 11.3 Å². The van der Waals surface area contributed by atoms with Crippen molar-refractivity contribution in [2.45, 2.75) is 19.4 Å². The van der Waals surface area contributed by atoms with Crippen molar-refractivity contribution in [1.29, 1.82) is 10.7 Å². The molecule has 2 amide bonds. The molecule has 1 unspecified atom stereocenters. The van der Waals surface area contributed by atoms with Gasteiger partial charge in [0.2, 0.25) is 11.8 Å². The molecule has 0 radical (unpaired) electrons. The Bertz CT molecular complexity index is 1080. The standard InChI is InChI=1S/C22H23N5O2S/c1-13(28)27-10-17(11-27)19-20(29)26(3)21(24)25-22(19,2)18-8-16(12-30-18)15-6-4-5-14(7-15)9-23/h4-8,12,17,19H,10-11H2,1-3H3,(H2,24,25)/t19?,22-/m1/s1. The number of rotatable bonds is 3. The Labute approximate surface area is 179 Å². The summed E-state index contributed by atoms with van der Waals surface area (Å²) in [7, 11) is 1.61. The summed E-state index contributed by atoms with van der Waals surface area (Å²) in [4.78, 5) is 28.9. The maximum atomic E-state index is 13.2. The van der Waals surface area contributed by atoms with E-state index in [0.29, 0.717) is 18.7 Å². The molecular weight excluding hydrogens is 398 g/mol. The number of guanidine groups is 1. The number of carbonyl (C=O) groups excluding carboxylic acids is 2. The largest absolute Gasteiger partial charge is 0.345 e. The highest BCUT2D eigenvalue weighted by molar-refractivity contribution is 7.10. The van der Waals surface area contributed by atoms with Crippen LogP contribution in [0.4, 0.5) is 0 Å². The van der Waals surface area contributed by atoms with Gasteiger partial charge in [-0.25, -0.2) is 0 Å². The number of hydrogen-bond acceptors (Lipinski definition) is 5. The lowest BCUT2D eigenvalue weighted by Gasteiger charge is -2.52. The first kappa shape index (κ1) is 20.1. The van der Waals surface area contributed by atoms with Gasteiger partial charge in [0.15, 0.2) is 5.96 Å². The third-order valence-electron chi connectivity index (χ3n) is 6.19. The van der Waals surface area contributed by atoms with E-state index in [1.165, 1.54) is 16.2 Å². The lowest BCUT2D eigenvalue weighted by Crippen LogP contribution is -2.69. The highest BCUT2D eigenvalue weighted by atomic mass is 32.1. The summed E-state index contributed by atoms with van der Waals surface area (Å²) >= 11 is 1.54. The maximum absolute atomic E-state index is 13.2. The first-order valence-electron chi connectivity index (χ1n) is 9.74. The number of benzene rings is 1. The predicted octanol–water partition coefficient (Wildman–Crippen LogP) is 2.59. The van der Waals surface area contributed by atoms with E-state index in [9.17, 15) is 14.9 Å². The van der Waals surface area contributed by atoms with Crippen LogP contribution in [-0.2, 0) is 15.1 Å². The Kier molecular flexibility index (Phi) is 4.86. The van der Waals surface area contributed by atoms with Crippen LogP contribution in [0.1, 0.15) is 24.3 Å². The van der Waals surface area contributed by atoms with E-state index >= 15 is 0 Å². The van der Waals surface area contributed by atoms with Gasteiger partial charge in [0, 0.05) is 37.9 Å². The van der Waals surface area contributed by atoms with Crippen LogP contribution >= 0.6 is 11.3 Å². The number of nitriles is 1. The van der Waals surface area contributed by atoms with Gasteiger partial charge in [0.05, 0.1) is 23.1 Å². The second-order valence-electron chi connectivity index (χ2n) is 8.13. The molecule has 0 spiro atoms. The van der Waals surface area contributed by atoms with Crippen molar-refractivity contribution in [1.82, 2.24) is 15.1 Å². The number of amides is 2. The average Bonchev–Trinajstić information content (AvgIpc) is 3.18. The summed E-state index contributed by atoms with van der Waals surface area (Å²) in [5, 5.41) is 22.7. The fourth-order valence-electron chi connectivity index (χ4n) is 4.37. The zero-order valence-electron chi connectivity index (χ0n) is 17.1. The summed E-state index contributed by atoms with van der Waals surface area (Å²) in [6.45, 7) is 4.60. The quantitative estimate of drug-likeness (QED) is 0.795. The summed E-state index contributed by atoms with van der Waals surface area (Å²) in [6.07, 6.45) is 0. The van der Waals surface area contributed by atoms with E-state index in [-0.39, 0.29) is 29.6 Å². The number of likely N-dealkylation sites (tertiary alicyclic amines) is 1. The lowest BCUT2D eigenvalue weighted by molar-refractivity contribution is -0.148. The number of thiophene rings is 1. The summed E-state index contributed by atoms with van der Waals surface area (Å²) in [6, 6.07) is 11.6. The minimum Gasteiger partial charge on any atom is -0.345 e. The normalized spacial score (nSPS) is 24.3. The predicted molar refractivity (Wildman–Crippen MR) is 115 cm³/mol.